The fraction of sp³-hybridized carbons (Fsp3) is 0.500. The normalized spacial score (nSPS) is 18.3. The van der Waals surface area contributed by atoms with Crippen molar-refractivity contribution in [3.63, 3.8) is 0 Å². The molecule has 1 aliphatic carbocycles. The van der Waals surface area contributed by atoms with Gasteiger partial charge in [0.2, 0.25) is 10.0 Å². The molecule has 0 heterocycles. The topological polar surface area (TPSA) is 46.2 Å². The number of rotatable bonds is 4. The van der Waals surface area contributed by atoms with Crippen LogP contribution in [-0.2, 0) is 16.2 Å². The molecule has 3 nitrogen and oxygen atoms in total. The molecule has 19 heavy (non-hydrogen) atoms. The van der Waals surface area contributed by atoms with Gasteiger partial charge in [0.25, 0.3) is 0 Å². The van der Waals surface area contributed by atoms with Gasteiger partial charge < -0.3 is 0 Å². The first-order chi connectivity index (χ1) is 8.70. The first-order valence-electron chi connectivity index (χ1n) is 5.90. The van der Waals surface area contributed by atoms with Crippen molar-refractivity contribution in [1.82, 2.24) is 4.72 Å². The van der Waals surface area contributed by atoms with Crippen molar-refractivity contribution >= 4 is 10.0 Å². The van der Waals surface area contributed by atoms with Crippen molar-refractivity contribution in [2.75, 3.05) is 0 Å². The largest absolute Gasteiger partial charge is 0.416 e. The summed E-state index contributed by atoms with van der Waals surface area (Å²) in [5, 5.41) is 0. The van der Waals surface area contributed by atoms with Crippen LogP contribution in [0.4, 0.5) is 13.2 Å². The molecule has 0 unspecified atom stereocenters. The maximum Gasteiger partial charge on any atom is 0.416 e. The molecule has 1 aromatic rings. The lowest BCUT2D eigenvalue weighted by atomic mass is 10.2. The fourth-order valence-corrected chi connectivity index (χ4v) is 3.14. The molecule has 0 aromatic heterocycles. The van der Waals surface area contributed by atoms with Gasteiger partial charge >= 0.3 is 6.18 Å². The van der Waals surface area contributed by atoms with E-state index in [-0.39, 0.29) is 10.9 Å². The Morgan fingerprint density at radius 3 is 2.16 bits per heavy atom. The van der Waals surface area contributed by atoms with Crippen molar-refractivity contribution in [3.05, 3.63) is 29.8 Å². The molecule has 7 heteroatoms. The summed E-state index contributed by atoms with van der Waals surface area (Å²) in [6.45, 7) is 1.76. The van der Waals surface area contributed by atoms with Crippen LogP contribution >= 0.6 is 0 Å². The van der Waals surface area contributed by atoms with Gasteiger partial charge in [-0.05, 0) is 49.9 Å². The molecule has 0 spiro atoms. The van der Waals surface area contributed by atoms with Crippen molar-refractivity contribution in [2.24, 2.45) is 5.92 Å². The lowest BCUT2D eigenvalue weighted by Crippen LogP contribution is -2.34. The van der Waals surface area contributed by atoms with E-state index in [1.165, 1.54) is 0 Å². The van der Waals surface area contributed by atoms with E-state index in [9.17, 15) is 21.6 Å². The van der Waals surface area contributed by atoms with Crippen LogP contribution in [0.2, 0.25) is 0 Å². The molecule has 2 rings (SSSR count). The number of hydrogen-bond donors (Lipinski definition) is 1. The lowest BCUT2D eigenvalue weighted by Gasteiger charge is -2.14. The van der Waals surface area contributed by atoms with E-state index in [1.807, 2.05) is 0 Å². The standard InChI is InChI=1S/C12H14F3NO2S/c1-8(9-2-3-9)16-19(17,18)11-6-4-10(5-7-11)12(13,14)15/h4-9,16H,2-3H2,1H3/t8-/m0/s1. The number of benzene rings is 1. The summed E-state index contributed by atoms with van der Waals surface area (Å²) >= 11 is 0. The molecule has 1 aromatic carbocycles. The molecule has 106 valence electrons. The summed E-state index contributed by atoms with van der Waals surface area (Å²) in [7, 11) is -3.74. The minimum absolute atomic E-state index is 0.145. The maximum absolute atomic E-state index is 12.4. The van der Waals surface area contributed by atoms with Gasteiger partial charge in [-0.15, -0.1) is 0 Å². The van der Waals surface area contributed by atoms with Gasteiger partial charge in [0.05, 0.1) is 10.5 Å². The van der Waals surface area contributed by atoms with Gasteiger partial charge in [-0.2, -0.15) is 13.2 Å². The number of sulfonamides is 1. The number of hydrogen-bond acceptors (Lipinski definition) is 2. The molecule has 0 radical (unpaired) electrons. The Kier molecular flexibility index (Phi) is 3.61. The summed E-state index contributed by atoms with van der Waals surface area (Å²) in [6, 6.07) is 3.31. The zero-order valence-corrected chi connectivity index (χ0v) is 11.1. The van der Waals surface area contributed by atoms with Crippen LogP contribution in [0.15, 0.2) is 29.2 Å². The maximum atomic E-state index is 12.4. The average molecular weight is 293 g/mol. The number of alkyl halides is 3. The SMILES string of the molecule is C[C@H](NS(=O)(=O)c1ccc(C(F)(F)F)cc1)C1CC1. The van der Waals surface area contributed by atoms with E-state index in [2.05, 4.69) is 4.72 Å². The molecule has 0 amide bonds. The molecule has 1 N–H and O–H groups in total. The second-order valence-electron chi connectivity index (χ2n) is 4.77. The Bertz CT molecular complexity index is 547. The van der Waals surface area contributed by atoms with Crippen LogP contribution in [0.1, 0.15) is 25.3 Å². The molecular weight excluding hydrogens is 279 g/mol. The first-order valence-corrected chi connectivity index (χ1v) is 7.38. The van der Waals surface area contributed by atoms with Gasteiger partial charge in [0, 0.05) is 6.04 Å². The van der Waals surface area contributed by atoms with Gasteiger partial charge in [-0.1, -0.05) is 0 Å². The van der Waals surface area contributed by atoms with Gasteiger partial charge in [-0.3, -0.25) is 0 Å². The first kappa shape index (κ1) is 14.3. The van der Waals surface area contributed by atoms with Crippen LogP contribution in [0.25, 0.3) is 0 Å². The summed E-state index contributed by atoms with van der Waals surface area (Å²) in [5.74, 6) is 0.337. The van der Waals surface area contributed by atoms with E-state index < -0.39 is 21.8 Å². The number of halogens is 3. The van der Waals surface area contributed by atoms with Crippen LogP contribution in [-0.4, -0.2) is 14.5 Å². The second-order valence-corrected chi connectivity index (χ2v) is 6.48. The Morgan fingerprint density at radius 2 is 1.74 bits per heavy atom. The average Bonchev–Trinajstić information content (AvgIpc) is 3.11. The quantitative estimate of drug-likeness (QED) is 0.928. The van der Waals surface area contributed by atoms with E-state index in [0.29, 0.717) is 5.92 Å². The van der Waals surface area contributed by atoms with Crippen LogP contribution in [0.3, 0.4) is 0 Å². The monoisotopic (exact) mass is 293 g/mol. The molecule has 0 aliphatic heterocycles. The molecule has 1 saturated carbocycles. The van der Waals surface area contributed by atoms with Gasteiger partial charge in [-0.25, -0.2) is 13.1 Å². The predicted molar refractivity (Wildman–Crippen MR) is 64.0 cm³/mol. The Morgan fingerprint density at radius 1 is 1.21 bits per heavy atom. The van der Waals surface area contributed by atoms with Crippen LogP contribution in [0, 0.1) is 5.92 Å². The summed E-state index contributed by atoms with van der Waals surface area (Å²) in [4.78, 5) is -0.145. The third kappa shape index (κ3) is 3.48. The van der Waals surface area contributed by atoms with E-state index >= 15 is 0 Å². The Hall–Kier alpha value is -1.08. The van der Waals surface area contributed by atoms with Gasteiger partial charge in [0.1, 0.15) is 0 Å². The van der Waals surface area contributed by atoms with E-state index in [4.69, 9.17) is 0 Å². The van der Waals surface area contributed by atoms with Crippen molar-refractivity contribution in [3.8, 4) is 0 Å². The molecule has 0 saturated heterocycles. The lowest BCUT2D eigenvalue weighted by molar-refractivity contribution is -0.137. The fourth-order valence-electron chi connectivity index (χ4n) is 1.83. The Balaban J connectivity index is 2.16. The minimum Gasteiger partial charge on any atom is -0.208 e. The zero-order chi connectivity index (χ0) is 14.3. The molecular formula is C12H14F3NO2S. The van der Waals surface area contributed by atoms with E-state index in [0.717, 1.165) is 37.1 Å². The Labute approximate surface area is 109 Å². The summed E-state index contributed by atoms with van der Waals surface area (Å²) in [5.41, 5.74) is -0.860. The predicted octanol–water partition coefficient (Wildman–Crippen LogP) is 2.78. The highest BCUT2D eigenvalue weighted by atomic mass is 32.2. The zero-order valence-electron chi connectivity index (χ0n) is 10.2. The number of nitrogens with one attached hydrogen (secondary N) is 1. The van der Waals surface area contributed by atoms with Crippen LogP contribution in [0.5, 0.6) is 0 Å². The molecule has 0 bridgehead atoms. The highest BCUT2D eigenvalue weighted by Crippen LogP contribution is 2.33. The van der Waals surface area contributed by atoms with Crippen molar-refractivity contribution in [2.45, 2.75) is 36.9 Å². The third-order valence-corrected chi connectivity index (χ3v) is 4.74. The second kappa shape index (κ2) is 4.79. The smallest absolute Gasteiger partial charge is 0.208 e. The van der Waals surface area contributed by atoms with Crippen molar-refractivity contribution in [1.29, 1.82) is 0 Å². The highest BCUT2D eigenvalue weighted by molar-refractivity contribution is 7.89. The summed E-state index contributed by atoms with van der Waals surface area (Å²) < 4.78 is 63.5. The van der Waals surface area contributed by atoms with E-state index in [1.54, 1.807) is 6.92 Å². The minimum atomic E-state index is -4.46. The molecule has 1 fully saturated rings. The van der Waals surface area contributed by atoms with Crippen molar-refractivity contribution < 1.29 is 21.6 Å². The third-order valence-electron chi connectivity index (χ3n) is 3.16. The van der Waals surface area contributed by atoms with Gasteiger partial charge in [0.15, 0.2) is 0 Å². The molecule has 1 aliphatic rings. The highest BCUT2D eigenvalue weighted by Gasteiger charge is 2.32. The summed E-state index contributed by atoms with van der Waals surface area (Å²) in [6.07, 6.45) is -2.50. The molecule has 1 atom stereocenters. The van der Waals surface area contributed by atoms with Crippen LogP contribution < -0.4 is 4.72 Å².